The van der Waals surface area contributed by atoms with Crippen LogP contribution < -0.4 is 15.4 Å². The van der Waals surface area contributed by atoms with Gasteiger partial charge in [0.1, 0.15) is 5.69 Å². The number of carbonyl (C=O) groups excluding carboxylic acids is 1. The Morgan fingerprint density at radius 2 is 2.10 bits per heavy atom. The Kier molecular flexibility index (Phi) is 7.42. The Bertz CT molecular complexity index is 408. The van der Waals surface area contributed by atoms with Crippen LogP contribution in [0.25, 0.3) is 0 Å². The van der Waals surface area contributed by atoms with E-state index in [-0.39, 0.29) is 6.03 Å². The van der Waals surface area contributed by atoms with Gasteiger partial charge in [-0.3, -0.25) is 0 Å². The van der Waals surface area contributed by atoms with Crippen molar-refractivity contribution in [2.75, 3.05) is 38.1 Å². The number of pyridine rings is 1. The van der Waals surface area contributed by atoms with Gasteiger partial charge in [0.05, 0.1) is 6.61 Å². The number of likely N-dealkylation sites (N-methyl/N-ethyl adjacent to an activating group) is 1. The molecule has 1 heterocycles. The van der Waals surface area contributed by atoms with Gasteiger partial charge in [0.25, 0.3) is 0 Å². The normalized spacial score (nSPS) is 10.4. The van der Waals surface area contributed by atoms with E-state index in [4.69, 9.17) is 4.74 Å². The van der Waals surface area contributed by atoms with Gasteiger partial charge in [-0.25, -0.2) is 9.78 Å². The van der Waals surface area contributed by atoms with Crippen LogP contribution in [0.3, 0.4) is 0 Å². The zero-order valence-electron chi connectivity index (χ0n) is 12.5. The summed E-state index contributed by atoms with van der Waals surface area (Å²) >= 11 is 0. The van der Waals surface area contributed by atoms with Gasteiger partial charge < -0.3 is 20.3 Å². The molecule has 0 spiro atoms. The second-order valence-corrected chi connectivity index (χ2v) is 4.20. The average Bonchev–Trinajstić information content (AvgIpc) is 2.46. The van der Waals surface area contributed by atoms with E-state index in [2.05, 4.69) is 34.4 Å². The number of ether oxygens (including phenoxy) is 1. The predicted octanol–water partition coefficient (Wildman–Crippen LogP) is 1.94. The number of hydrogen-bond acceptors (Lipinski definition) is 4. The number of hydrogen-bond donors (Lipinski definition) is 2. The molecule has 2 amide bonds. The van der Waals surface area contributed by atoms with E-state index in [9.17, 15) is 4.79 Å². The number of urea groups is 1. The fourth-order valence-electron chi connectivity index (χ4n) is 1.77. The molecule has 0 bridgehead atoms. The molecular formula is C14H24N4O2. The molecule has 0 radical (unpaired) electrons. The fourth-order valence-corrected chi connectivity index (χ4v) is 1.77. The number of rotatable bonds is 8. The summed E-state index contributed by atoms with van der Waals surface area (Å²) in [6.45, 7) is 10.0. The first-order chi connectivity index (χ1) is 9.71. The van der Waals surface area contributed by atoms with Crippen molar-refractivity contribution in [1.82, 2.24) is 15.2 Å². The highest BCUT2D eigenvalue weighted by molar-refractivity contribution is 5.90. The summed E-state index contributed by atoms with van der Waals surface area (Å²) in [7, 11) is 0. The third kappa shape index (κ3) is 5.44. The first kappa shape index (κ1) is 16.2. The van der Waals surface area contributed by atoms with Gasteiger partial charge in [-0.1, -0.05) is 13.8 Å². The van der Waals surface area contributed by atoms with Crippen LogP contribution in [0.5, 0.6) is 5.88 Å². The summed E-state index contributed by atoms with van der Waals surface area (Å²) < 4.78 is 5.35. The minimum atomic E-state index is -0.244. The van der Waals surface area contributed by atoms with Crippen molar-refractivity contribution in [3.8, 4) is 5.88 Å². The molecule has 1 rings (SSSR count). The molecule has 0 saturated carbocycles. The number of carbonyl (C=O) groups is 1. The molecule has 2 N–H and O–H groups in total. The lowest BCUT2D eigenvalue weighted by Crippen LogP contribution is -2.37. The van der Waals surface area contributed by atoms with E-state index in [1.807, 2.05) is 6.92 Å². The summed E-state index contributed by atoms with van der Waals surface area (Å²) in [5, 5.41) is 5.57. The molecular weight excluding hydrogens is 256 g/mol. The van der Waals surface area contributed by atoms with Crippen LogP contribution in [-0.4, -0.2) is 48.7 Å². The van der Waals surface area contributed by atoms with Gasteiger partial charge in [-0.15, -0.1) is 0 Å². The van der Waals surface area contributed by atoms with Crippen molar-refractivity contribution in [3.63, 3.8) is 0 Å². The summed E-state index contributed by atoms with van der Waals surface area (Å²) in [6.07, 6.45) is 1.63. The monoisotopic (exact) mass is 280 g/mol. The van der Waals surface area contributed by atoms with E-state index >= 15 is 0 Å². The van der Waals surface area contributed by atoms with Crippen LogP contribution in [0.2, 0.25) is 0 Å². The third-order valence-electron chi connectivity index (χ3n) is 2.91. The van der Waals surface area contributed by atoms with E-state index in [1.165, 1.54) is 0 Å². The number of nitrogens with one attached hydrogen (secondary N) is 2. The van der Waals surface area contributed by atoms with Crippen molar-refractivity contribution in [1.29, 1.82) is 0 Å². The summed E-state index contributed by atoms with van der Waals surface area (Å²) in [4.78, 5) is 18.1. The molecule has 0 fully saturated rings. The van der Waals surface area contributed by atoms with Gasteiger partial charge in [0.2, 0.25) is 5.88 Å². The average molecular weight is 280 g/mol. The van der Waals surface area contributed by atoms with Gasteiger partial charge >= 0.3 is 6.03 Å². The Labute approximate surface area is 120 Å². The van der Waals surface area contributed by atoms with E-state index in [0.29, 0.717) is 24.7 Å². The summed E-state index contributed by atoms with van der Waals surface area (Å²) in [5.74, 6) is 0.439. The van der Waals surface area contributed by atoms with Crippen molar-refractivity contribution in [3.05, 3.63) is 18.3 Å². The summed E-state index contributed by atoms with van der Waals surface area (Å²) in [5.41, 5.74) is 0.578. The highest BCUT2D eigenvalue weighted by Crippen LogP contribution is 2.19. The second kappa shape index (κ2) is 9.14. The van der Waals surface area contributed by atoms with Crippen LogP contribution in [0, 0.1) is 0 Å². The molecule has 0 aliphatic rings. The van der Waals surface area contributed by atoms with Gasteiger partial charge in [-0.05, 0) is 32.1 Å². The first-order valence-electron chi connectivity index (χ1n) is 7.06. The Morgan fingerprint density at radius 3 is 2.75 bits per heavy atom. The molecule has 0 aliphatic heterocycles. The fraction of sp³-hybridized carbons (Fsp3) is 0.571. The third-order valence-corrected chi connectivity index (χ3v) is 2.91. The van der Waals surface area contributed by atoms with E-state index in [1.54, 1.807) is 18.3 Å². The van der Waals surface area contributed by atoms with Crippen molar-refractivity contribution in [2.24, 2.45) is 0 Å². The number of anilines is 1. The maximum atomic E-state index is 11.8. The molecule has 20 heavy (non-hydrogen) atoms. The molecule has 112 valence electrons. The lowest BCUT2D eigenvalue weighted by Gasteiger charge is -2.18. The van der Waals surface area contributed by atoms with Gasteiger partial charge in [-0.2, -0.15) is 0 Å². The minimum Gasteiger partial charge on any atom is -0.476 e. The molecule has 0 aromatic carbocycles. The maximum absolute atomic E-state index is 11.8. The molecule has 0 atom stereocenters. The smallest absolute Gasteiger partial charge is 0.319 e. The van der Waals surface area contributed by atoms with Crippen molar-refractivity contribution in [2.45, 2.75) is 20.8 Å². The molecule has 1 aromatic rings. The van der Waals surface area contributed by atoms with Crippen LogP contribution in [0.4, 0.5) is 10.5 Å². The molecule has 6 nitrogen and oxygen atoms in total. The van der Waals surface area contributed by atoms with Crippen LogP contribution >= 0.6 is 0 Å². The summed E-state index contributed by atoms with van der Waals surface area (Å²) in [6, 6.07) is 3.28. The Morgan fingerprint density at radius 1 is 1.35 bits per heavy atom. The topological polar surface area (TPSA) is 66.5 Å². The van der Waals surface area contributed by atoms with Gasteiger partial charge in [0, 0.05) is 19.3 Å². The highest BCUT2D eigenvalue weighted by Gasteiger charge is 2.08. The lowest BCUT2D eigenvalue weighted by molar-refractivity contribution is 0.247. The molecule has 0 saturated heterocycles. The zero-order chi connectivity index (χ0) is 14.8. The number of nitrogens with zero attached hydrogens (tertiary/aromatic N) is 2. The highest BCUT2D eigenvalue weighted by atomic mass is 16.5. The SMILES string of the molecule is CCOc1ncccc1NC(=O)NCCN(CC)CC. The largest absolute Gasteiger partial charge is 0.476 e. The minimum absolute atomic E-state index is 0.244. The van der Waals surface area contributed by atoms with Crippen molar-refractivity contribution < 1.29 is 9.53 Å². The van der Waals surface area contributed by atoms with Crippen LogP contribution in [-0.2, 0) is 0 Å². The number of amides is 2. The maximum Gasteiger partial charge on any atom is 0.319 e. The molecule has 1 aromatic heterocycles. The van der Waals surface area contributed by atoms with Gasteiger partial charge in [0.15, 0.2) is 0 Å². The Balaban J connectivity index is 2.42. The predicted molar refractivity (Wildman–Crippen MR) is 80.2 cm³/mol. The lowest BCUT2D eigenvalue weighted by atomic mass is 10.4. The number of aromatic nitrogens is 1. The van der Waals surface area contributed by atoms with Crippen LogP contribution in [0.1, 0.15) is 20.8 Å². The standard InChI is InChI=1S/C14H24N4O2/c1-4-18(5-2)11-10-16-14(19)17-12-8-7-9-15-13(12)20-6-3/h7-9H,4-6,10-11H2,1-3H3,(H2,16,17,19). The van der Waals surface area contributed by atoms with E-state index in [0.717, 1.165) is 19.6 Å². The van der Waals surface area contributed by atoms with Crippen molar-refractivity contribution >= 4 is 11.7 Å². The van der Waals surface area contributed by atoms with E-state index < -0.39 is 0 Å². The molecule has 6 heteroatoms. The molecule has 0 unspecified atom stereocenters. The molecule has 0 aliphatic carbocycles. The van der Waals surface area contributed by atoms with Crippen LogP contribution in [0.15, 0.2) is 18.3 Å². The zero-order valence-corrected chi connectivity index (χ0v) is 12.5. The second-order valence-electron chi connectivity index (χ2n) is 4.20. The quantitative estimate of drug-likeness (QED) is 0.764. The first-order valence-corrected chi connectivity index (χ1v) is 7.06. The Hall–Kier alpha value is -1.82.